The van der Waals surface area contributed by atoms with Crippen LogP contribution in [0.4, 0.5) is 0 Å². The molecule has 0 spiro atoms. The van der Waals surface area contributed by atoms with Gasteiger partial charge >= 0.3 is 0 Å². The third kappa shape index (κ3) is 60.5. The van der Waals surface area contributed by atoms with Crippen molar-refractivity contribution in [3.05, 3.63) is 0 Å². The fourth-order valence-electron chi connectivity index (χ4n) is 7.63. The second kappa shape index (κ2) is 65.6. The molecule has 0 saturated carbocycles. The Balaban J connectivity index is -0.000000152. The summed E-state index contributed by atoms with van der Waals surface area (Å²) in [6.07, 6.45) is 47.5. The van der Waals surface area contributed by atoms with Crippen LogP contribution < -0.4 is 5.73 Å². The van der Waals surface area contributed by atoms with Gasteiger partial charge in [-0.1, -0.05) is 248 Å². The summed E-state index contributed by atoms with van der Waals surface area (Å²) in [7, 11) is 0. The normalized spacial score (nSPS) is 11.5. The van der Waals surface area contributed by atoms with Gasteiger partial charge in [-0.3, -0.25) is 0 Å². The number of hydrogen-bond donors (Lipinski definition) is 3. The third-order valence-electron chi connectivity index (χ3n) is 10.8. The van der Waals surface area contributed by atoms with Crippen molar-refractivity contribution in [2.24, 2.45) is 17.6 Å². The van der Waals surface area contributed by atoms with Crippen LogP contribution >= 0.6 is 0 Å². The molecule has 0 aromatic carbocycles. The molecule has 0 aromatic heterocycles. The Labute approximate surface area is 347 Å². The summed E-state index contributed by atoms with van der Waals surface area (Å²) in [4.78, 5) is 0. The number of ether oxygens (including phenoxy) is 1. The molecule has 10 N–H and O–H groups in total. The van der Waals surface area contributed by atoms with Crippen LogP contribution in [0.5, 0.6) is 0 Å². The van der Waals surface area contributed by atoms with Crippen molar-refractivity contribution in [2.75, 3.05) is 19.9 Å². The Kier molecular flexibility index (Phi) is 82.7. The van der Waals surface area contributed by atoms with E-state index in [1.54, 1.807) is 0 Å². The van der Waals surface area contributed by atoms with E-state index in [0.29, 0.717) is 26.0 Å². The van der Waals surface area contributed by atoms with Gasteiger partial charge in [0.1, 0.15) is 0 Å². The molecule has 0 heterocycles. The van der Waals surface area contributed by atoms with Crippen molar-refractivity contribution in [2.45, 2.75) is 280 Å². The van der Waals surface area contributed by atoms with E-state index in [-0.39, 0.29) is 23.9 Å². The lowest BCUT2D eigenvalue weighted by atomic mass is 9.90. The standard InChI is InChI=1S/C27H56.C18H39NO3.C2H6.CH4.3H2O/c1-5-9-16-22-26(20-7-3)24-18-14-12-11-13-15-19-25-27(21-8-4)23-17-10-6-2;19-17-22-18(13-9-5-1-3-7-11-15-20)14-10-6-2-4-8-12-16-21;1-2;;;;/h26-27H,5-25H2,1-4H3;18,20-21H,1-17,19H2;1-2H3;1H4;3*1H2. The van der Waals surface area contributed by atoms with Gasteiger partial charge in [0.2, 0.25) is 0 Å². The number of unbranched alkanes of at least 4 members (excludes halogenated alkanes) is 20. The zero-order valence-electron chi connectivity index (χ0n) is 38.0. The molecule has 0 radical (unpaired) electrons. The highest BCUT2D eigenvalue weighted by molar-refractivity contribution is 4.63. The van der Waals surface area contributed by atoms with Gasteiger partial charge in [0.15, 0.2) is 0 Å². The minimum atomic E-state index is 0. The first-order chi connectivity index (χ1) is 25.1. The molecule has 0 aromatic rings. The minimum absolute atomic E-state index is 0. The monoisotopic (exact) mass is 798 g/mol. The first-order valence-corrected chi connectivity index (χ1v) is 23.7. The molecule has 7 heteroatoms. The summed E-state index contributed by atoms with van der Waals surface area (Å²) < 4.78 is 5.64. The van der Waals surface area contributed by atoms with Crippen LogP contribution in [0.3, 0.4) is 0 Å². The quantitative estimate of drug-likeness (QED) is 0.0414. The number of aliphatic hydroxyl groups excluding tert-OH is 2. The van der Waals surface area contributed by atoms with Crippen LogP contribution in [0.25, 0.3) is 0 Å². The van der Waals surface area contributed by atoms with Gasteiger partial charge in [0, 0.05) is 13.2 Å². The Morgan fingerprint density at radius 1 is 0.364 bits per heavy atom. The van der Waals surface area contributed by atoms with Gasteiger partial charge in [-0.05, 0) is 37.5 Å². The Morgan fingerprint density at radius 3 is 0.873 bits per heavy atom. The Morgan fingerprint density at radius 2 is 0.618 bits per heavy atom. The molecule has 2 unspecified atom stereocenters. The number of nitrogens with two attached hydrogens (primary N) is 1. The van der Waals surface area contributed by atoms with Crippen molar-refractivity contribution in [3.8, 4) is 0 Å². The van der Waals surface area contributed by atoms with Crippen molar-refractivity contribution >= 4 is 0 Å². The SMILES string of the molecule is C.CC.CCCCCC(CCC)CCCCCCCCCC(CCC)CCCCC.NCOC(CCCCCCCCO)CCCCCCCCO.O.O.O. The maximum Gasteiger partial charge on any atom is 0.0944 e. The lowest BCUT2D eigenvalue weighted by molar-refractivity contribution is 0.0424. The average molecular weight is 798 g/mol. The summed E-state index contributed by atoms with van der Waals surface area (Å²) in [5.74, 6) is 2.06. The lowest BCUT2D eigenvalue weighted by Crippen LogP contribution is -2.18. The highest BCUT2D eigenvalue weighted by Gasteiger charge is 2.10. The van der Waals surface area contributed by atoms with Gasteiger partial charge in [-0.2, -0.15) is 0 Å². The molecule has 0 aliphatic heterocycles. The van der Waals surface area contributed by atoms with Gasteiger partial charge < -0.3 is 37.1 Å². The first-order valence-electron chi connectivity index (χ1n) is 23.7. The van der Waals surface area contributed by atoms with Gasteiger partial charge in [-0.25, -0.2) is 0 Å². The molecule has 0 fully saturated rings. The van der Waals surface area contributed by atoms with Gasteiger partial charge in [0.05, 0.1) is 12.8 Å². The molecule has 0 rings (SSSR count). The van der Waals surface area contributed by atoms with Crippen LogP contribution in [0.1, 0.15) is 274 Å². The van der Waals surface area contributed by atoms with Crippen LogP contribution in [0.2, 0.25) is 0 Å². The van der Waals surface area contributed by atoms with Crippen LogP contribution in [0, 0.1) is 11.8 Å². The number of rotatable bonds is 40. The Hall–Kier alpha value is -0.280. The van der Waals surface area contributed by atoms with Crippen LogP contribution in [0.15, 0.2) is 0 Å². The van der Waals surface area contributed by atoms with Crippen LogP contribution in [-0.2, 0) is 4.74 Å². The fraction of sp³-hybridized carbons (Fsp3) is 1.00. The molecule has 2 atom stereocenters. The summed E-state index contributed by atoms with van der Waals surface area (Å²) in [6, 6.07) is 0. The van der Waals surface area contributed by atoms with Gasteiger partial charge in [0.25, 0.3) is 0 Å². The molecular formula is C48H111NO6. The molecule has 7 nitrogen and oxygen atoms in total. The molecule has 0 aliphatic rings. The highest BCUT2D eigenvalue weighted by Crippen LogP contribution is 2.24. The molecule has 0 saturated heterocycles. The fourth-order valence-corrected chi connectivity index (χ4v) is 7.63. The van der Waals surface area contributed by atoms with E-state index in [4.69, 9.17) is 20.7 Å². The largest absolute Gasteiger partial charge is 0.412 e. The lowest BCUT2D eigenvalue weighted by Gasteiger charge is -2.16. The predicted octanol–water partition coefficient (Wildman–Crippen LogP) is 13.4. The predicted molar refractivity (Wildman–Crippen MR) is 248 cm³/mol. The van der Waals surface area contributed by atoms with E-state index < -0.39 is 0 Å². The second-order valence-electron chi connectivity index (χ2n) is 15.6. The zero-order chi connectivity index (χ0) is 38.3. The van der Waals surface area contributed by atoms with E-state index >= 15 is 0 Å². The molecule has 344 valence electrons. The van der Waals surface area contributed by atoms with E-state index in [0.717, 1.165) is 50.4 Å². The number of hydrogen-bond acceptors (Lipinski definition) is 4. The molecular weight excluding hydrogens is 687 g/mol. The maximum atomic E-state index is 8.72. The zero-order valence-corrected chi connectivity index (χ0v) is 38.0. The Bertz CT molecular complexity index is 527. The summed E-state index contributed by atoms with van der Waals surface area (Å²) in [6.45, 7) is 14.4. The van der Waals surface area contributed by atoms with Crippen molar-refractivity contribution < 1.29 is 31.4 Å². The molecule has 0 aliphatic carbocycles. The molecule has 0 bridgehead atoms. The summed E-state index contributed by atoms with van der Waals surface area (Å²) >= 11 is 0. The van der Waals surface area contributed by atoms with E-state index in [2.05, 4.69) is 27.7 Å². The van der Waals surface area contributed by atoms with Crippen molar-refractivity contribution in [1.82, 2.24) is 0 Å². The van der Waals surface area contributed by atoms with E-state index in [1.807, 2.05) is 13.8 Å². The molecule has 55 heavy (non-hydrogen) atoms. The van der Waals surface area contributed by atoms with Crippen molar-refractivity contribution in [1.29, 1.82) is 0 Å². The van der Waals surface area contributed by atoms with Crippen LogP contribution in [-0.4, -0.2) is 52.7 Å². The first kappa shape index (κ1) is 69.3. The maximum absolute atomic E-state index is 8.72. The minimum Gasteiger partial charge on any atom is -0.412 e. The molecule has 0 amide bonds. The topological polar surface area (TPSA) is 170 Å². The number of aliphatic hydroxyl groups is 2. The average Bonchev–Trinajstić information content (AvgIpc) is 3.14. The van der Waals surface area contributed by atoms with E-state index in [9.17, 15) is 0 Å². The second-order valence-corrected chi connectivity index (χ2v) is 15.6. The third-order valence-corrected chi connectivity index (χ3v) is 10.8. The highest BCUT2D eigenvalue weighted by atomic mass is 16.5. The van der Waals surface area contributed by atoms with Crippen molar-refractivity contribution in [3.63, 3.8) is 0 Å². The smallest absolute Gasteiger partial charge is 0.0944 e. The van der Waals surface area contributed by atoms with E-state index in [1.165, 1.54) is 186 Å². The summed E-state index contributed by atoms with van der Waals surface area (Å²) in [5.41, 5.74) is 5.53. The van der Waals surface area contributed by atoms with Gasteiger partial charge in [-0.15, -0.1) is 0 Å². The summed E-state index contributed by atoms with van der Waals surface area (Å²) in [5, 5.41) is 17.4.